The van der Waals surface area contributed by atoms with Crippen molar-refractivity contribution < 1.29 is 19.1 Å². The molecule has 2 fully saturated rings. The van der Waals surface area contributed by atoms with Crippen molar-refractivity contribution in [3.63, 3.8) is 0 Å². The molecule has 3 aliphatic rings. The van der Waals surface area contributed by atoms with Crippen LogP contribution in [0.25, 0.3) is 0 Å². The number of aliphatic carboxylic acids is 1. The van der Waals surface area contributed by atoms with Crippen molar-refractivity contribution in [3.05, 3.63) is 42.2 Å². The lowest BCUT2D eigenvalue weighted by atomic mass is 9.82. The standard InChI is InChI=1S/C19H21FN2O3/c20-14-3-1-2-4-15(14)21-7-9-22(10-8-21)18(23)16-12-5-6-13(11-12)17(16)19(24)25/h1-6,12-13,16-17H,7-11H2,(H,24,25)/t12-,13+,16-,17-/m0/s1. The first-order chi connectivity index (χ1) is 12.1. The van der Waals surface area contributed by atoms with Crippen LogP contribution in [0.2, 0.25) is 0 Å². The normalized spacial score (nSPS) is 30.8. The summed E-state index contributed by atoms with van der Waals surface area (Å²) in [5.74, 6) is -2.22. The Hall–Kier alpha value is -2.37. The van der Waals surface area contributed by atoms with Crippen LogP contribution in [0.3, 0.4) is 0 Å². The zero-order valence-electron chi connectivity index (χ0n) is 13.8. The monoisotopic (exact) mass is 344 g/mol. The second kappa shape index (κ2) is 6.17. The van der Waals surface area contributed by atoms with Crippen LogP contribution in [-0.4, -0.2) is 48.1 Å². The van der Waals surface area contributed by atoms with E-state index >= 15 is 0 Å². The van der Waals surface area contributed by atoms with E-state index in [1.165, 1.54) is 6.07 Å². The Morgan fingerprint density at radius 2 is 1.64 bits per heavy atom. The fourth-order valence-electron chi connectivity index (χ4n) is 4.58. The molecule has 1 N–H and O–H groups in total. The van der Waals surface area contributed by atoms with Crippen molar-refractivity contribution in [3.8, 4) is 0 Å². The lowest BCUT2D eigenvalue weighted by Crippen LogP contribution is -2.52. The summed E-state index contributed by atoms with van der Waals surface area (Å²) < 4.78 is 13.9. The minimum Gasteiger partial charge on any atom is -0.481 e. The van der Waals surface area contributed by atoms with E-state index in [4.69, 9.17) is 0 Å². The number of carboxylic acid groups (broad SMARTS) is 1. The number of allylic oxidation sites excluding steroid dienone is 2. The summed E-state index contributed by atoms with van der Waals surface area (Å²) in [6.07, 6.45) is 4.72. The molecule has 0 unspecified atom stereocenters. The lowest BCUT2D eigenvalue weighted by molar-refractivity contribution is -0.151. The molecule has 4 atom stereocenters. The van der Waals surface area contributed by atoms with Gasteiger partial charge in [-0.3, -0.25) is 9.59 Å². The van der Waals surface area contributed by atoms with Gasteiger partial charge in [-0.05, 0) is 30.4 Å². The summed E-state index contributed by atoms with van der Waals surface area (Å²) in [5.41, 5.74) is 0.556. The first-order valence-corrected chi connectivity index (χ1v) is 8.75. The SMILES string of the molecule is O=C(O)[C@@H]1[C@@H](C(=O)N2CCN(c3ccccc3F)CC2)[C@H]2C=C[C@@H]1C2. The molecule has 1 saturated heterocycles. The van der Waals surface area contributed by atoms with Crippen LogP contribution in [0.1, 0.15) is 6.42 Å². The number of amides is 1. The van der Waals surface area contributed by atoms with Crippen molar-refractivity contribution in [1.29, 1.82) is 0 Å². The number of hydrogen-bond donors (Lipinski definition) is 1. The van der Waals surface area contributed by atoms with Crippen LogP contribution < -0.4 is 4.90 Å². The molecule has 0 spiro atoms. The van der Waals surface area contributed by atoms with Crippen LogP contribution in [-0.2, 0) is 9.59 Å². The van der Waals surface area contributed by atoms with Crippen LogP contribution in [0.5, 0.6) is 0 Å². The third-order valence-corrected chi connectivity index (χ3v) is 5.81. The van der Waals surface area contributed by atoms with Gasteiger partial charge in [-0.15, -0.1) is 0 Å². The van der Waals surface area contributed by atoms with Gasteiger partial charge < -0.3 is 14.9 Å². The van der Waals surface area contributed by atoms with Crippen molar-refractivity contribution in [2.75, 3.05) is 31.1 Å². The first kappa shape index (κ1) is 16.1. The highest BCUT2D eigenvalue weighted by Gasteiger charge is 2.52. The van der Waals surface area contributed by atoms with Gasteiger partial charge in [-0.1, -0.05) is 24.3 Å². The highest BCUT2D eigenvalue weighted by atomic mass is 19.1. The number of anilines is 1. The minimum atomic E-state index is -0.875. The molecule has 132 valence electrons. The molecule has 2 bridgehead atoms. The zero-order chi connectivity index (χ0) is 17.6. The molecule has 1 aliphatic heterocycles. The van der Waals surface area contributed by atoms with Gasteiger partial charge in [0.15, 0.2) is 0 Å². The van der Waals surface area contributed by atoms with Crippen LogP contribution in [0.15, 0.2) is 36.4 Å². The van der Waals surface area contributed by atoms with E-state index in [2.05, 4.69) is 0 Å². The van der Waals surface area contributed by atoms with E-state index in [-0.39, 0.29) is 23.6 Å². The molecule has 1 heterocycles. The third-order valence-electron chi connectivity index (χ3n) is 5.81. The molecule has 4 rings (SSSR count). The van der Waals surface area contributed by atoms with Crippen molar-refractivity contribution in [2.45, 2.75) is 6.42 Å². The molecule has 1 aromatic rings. The minimum absolute atomic E-state index is 0.0175. The van der Waals surface area contributed by atoms with E-state index in [1.807, 2.05) is 17.1 Å². The number of hydrogen-bond acceptors (Lipinski definition) is 3. The molecule has 0 radical (unpaired) electrons. The number of piperazine rings is 1. The summed E-state index contributed by atoms with van der Waals surface area (Å²) in [4.78, 5) is 28.3. The van der Waals surface area contributed by atoms with Gasteiger partial charge in [-0.25, -0.2) is 4.39 Å². The summed E-state index contributed by atoms with van der Waals surface area (Å²) in [6, 6.07) is 6.64. The number of benzene rings is 1. The molecular weight excluding hydrogens is 323 g/mol. The predicted molar refractivity (Wildman–Crippen MR) is 90.5 cm³/mol. The number of halogens is 1. The van der Waals surface area contributed by atoms with E-state index in [0.29, 0.717) is 31.9 Å². The average molecular weight is 344 g/mol. The average Bonchev–Trinajstić information content (AvgIpc) is 3.23. The Kier molecular flexibility index (Phi) is 3.98. The Morgan fingerprint density at radius 1 is 1.00 bits per heavy atom. The number of para-hydroxylation sites is 1. The Bertz CT molecular complexity index is 727. The quantitative estimate of drug-likeness (QED) is 0.852. The van der Waals surface area contributed by atoms with Crippen LogP contribution in [0, 0.1) is 29.5 Å². The maximum Gasteiger partial charge on any atom is 0.307 e. The number of carbonyl (C=O) groups is 2. The zero-order valence-corrected chi connectivity index (χ0v) is 13.8. The van der Waals surface area contributed by atoms with Gasteiger partial charge in [0.05, 0.1) is 17.5 Å². The number of fused-ring (bicyclic) bond motifs is 2. The van der Waals surface area contributed by atoms with Gasteiger partial charge >= 0.3 is 5.97 Å². The Labute approximate surface area is 145 Å². The Balaban J connectivity index is 1.44. The van der Waals surface area contributed by atoms with Gasteiger partial charge in [0, 0.05) is 26.2 Å². The maximum absolute atomic E-state index is 13.9. The fraction of sp³-hybridized carbons (Fsp3) is 0.474. The molecular formula is C19H21FN2O3. The van der Waals surface area contributed by atoms with Gasteiger partial charge in [0.1, 0.15) is 5.82 Å². The van der Waals surface area contributed by atoms with Crippen molar-refractivity contribution >= 4 is 17.6 Å². The smallest absolute Gasteiger partial charge is 0.307 e. The summed E-state index contributed by atoms with van der Waals surface area (Å²) >= 11 is 0. The van der Waals surface area contributed by atoms with E-state index < -0.39 is 17.8 Å². The number of carbonyl (C=O) groups excluding carboxylic acids is 1. The number of nitrogens with zero attached hydrogens (tertiary/aromatic N) is 2. The van der Waals surface area contributed by atoms with Gasteiger partial charge in [0.25, 0.3) is 0 Å². The van der Waals surface area contributed by atoms with E-state index in [0.717, 1.165) is 6.42 Å². The van der Waals surface area contributed by atoms with E-state index in [9.17, 15) is 19.1 Å². The summed E-state index contributed by atoms with van der Waals surface area (Å²) in [7, 11) is 0. The Morgan fingerprint density at radius 3 is 2.28 bits per heavy atom. The van der Waals surface area contributed by atoms with Crippen molar-refractivity contribution in [2.24, 2.45) is 23.7 Å². The molecule has 6 heteroatoms. The van der Waals surface area contributed by atoms with Gasteiger partial charge in [0.2, 0.25) is 5.91 Å². The molecule has 2 aliphatic carbocycles. The fourth-order valence-corrected chi connectivity index (χ4v) is 4.58. The maximum atomic E-state index is 13.9. The lowest BCUT2D eigenvalue weighted by Gasteiger charge is -2.38. The van der Waals surface area contributed by atoms with Crippen molar-refractivity contribution in [1.82, 2.24) is 4.90 Å². The van der Waals surface area contributed by atoms with Crippen LogP contribution in [0.4, 0.5) is 10.1 Å². The highest BCUT2D eigenvalue weighted by Crippen LogP contribution is 2.48. The molecule has 1 amide bonds. The third kappa shape index (κ3) is 2.69. The highest BCUT2D eigenvalue weighted by molar-refractivity contribution is 5.87. The van der Waals surface area contributed by atoms with E-state index in [1.54, 1.807) is 23.1 Å². The largest absolute Gasteiger partial charge is 0.481 e. The second-order valence-corrected chi connectivity index (χ2v) is 7.10. The topological polar surface area (TPSA) is 60.9 Å². The number of carboxylic acids is 1. The summed E-state index contributed by atoms with van der Waals surface area (Å²) in [5, 5.41) is 9.52. The van der Waals surface area contributed by atoms with Crippen LogP contribution >= 0.6 is 0 Å². The molecule has 1 aromatic carbocycles. The molecule has 0 aromatic heterocycles. The molecule has 25 heavy (non-hydrogen) atoms. The van der Waals surface area contributed by atoms with Gasteiger partial charge in [-0.2, -0.15) is 0 Å². The summed E-state index contributed by atoms with van der Waals surface area (Å²) in [6.45, 7) is 2.11. The molecule has 5 nitrogen and oxygen atoms in total. The first-order valence-electron chi connectivity index (χ1n) is 8.75. The number of rotatable bonds is 3. The predicted octanol–water partition coefficient (Wildman–Crippen LogP) is 2.00. The molecule has 1 saturated carbocycles. The second-order valence-electron chi connectivity index (χ2n) is 7.10.